The fraction of sp³-hybridized carbons (Fsp3) is 0.625. The number of rotatable bonds is 12. The van der Waals surface area contributed by atoms with Gasteiger partial charge in [0.1, 0.15) is 10.8 Å². The van der Waals surface area contributed by atoms with Gasteiger partial charge in [-0.1, -0.05) is 29.4 Å². The number of thiocarbonyl (C=S) groups is 1. The lowest BCUT2D eigenvalue weighted by molar-refractivity contribution is -0.166. The first kappa shape index (κ1) is 31.9. The second-order valence-corrected chi connectivity index (χ2v) is 10.9. The first-order chi connectivity index (χ1) is 16.9. The highest BCUT2D eigenvalue weighted by molar-refractivity contribution is 8.23. The smallest absolute Gasteiger partial charge is 0.409 e. The predicted octanol–water partition coefficient (Wildman–Crippen LogP) is 4.87. The Morgan fingerprint density at radius 3 is 2.11 bits per heavy atom. The third kappa shape index (κ3) is 10.9. The van der Waals surface area contributed by atoms with Gasteiger partial charge in [0.05, 0.1) is 19.8 Å². The molecule has 1 rings (SSSR count). The van der Waals surface area contributed by atoms with Gasteiger partial charge in [-0.3, -0.25) is 5.32 Å². The zero-order valence-corrected chi connectivity index (χ0v) is 23.9. The molecule has 0 aliphatic heterocycles. The minimum absolute atomic E-state index is 0.0123. The molecule has 0 radical (unpaired) electrons. The summed E-state index contributed by atoms with van der Waals surface area (Å²) in [5.41, 5.74) is -2.14. The quantitative estimate of drug-likeness (QED) is 0.124. The third-order valence-corrected chi connectivity index (χ3v) is 6.24. The van der Waals surface area contributed by atoms with Crippen molar-refractivity contribution in [3.8, 4) is 0 Å². The van der Waals surface area contributed by atoms with Crippen LogP contribution in [0, 0.1) is 0 Å². The molecule has 0 aliphatic rings. The van der Waals surface area contributed by atoms with Crippen molar-refractivity contribution in [1.82, 2.24) is 10.3 Å². The molecule has 1 N–H and O–H groups in total. The molecule has 36 heavy (non-hydrogen) atoms. The van der Waals surface area contributed by atoms with Gasteiger partial charge in [0.2, 0.25) is 9.92 Å². The van der Waals surface area contributed by atoms with Crippen LogP contribution in [0.15, 0.2) is 18.3 Å². The van der Waals surface area contributed by atoms with E-state index in [1.165, 1.54) is 11.8 Å². The van der Waals surface area contributed by atoms with Crippen molar-refractivity contribution in [2.45, 2.75) is 77.2 Å². The molecule has 1 heterocycles. The predicted molar refractivity (Wildman–Crippen MR) is 143 cm³/mol. The molecule has 0 saturated carbocycles. The zero-order chi connectivity index (χ0) is 27.4. The van der Waals surface area contributed by atoms with Gasteiger partial charge in [-0.05, 0) is 78.2 Å². The SMILES string of the molecule is CCOC(=O)C(CC(CCc1ccc(Cl)nc1)SC(=S)OCC)(NC(=O)OC(C)(C)C)C(=O)OCC. The van der Waals surface area contributed by atoms with E-state index in [1.54, 1.807) is 53.8 Å². The molecule has 1 amide bonds. The number of carbonyl (C=O) groups is 3. The van der Waals surface area contributed by atoms with E-state index in [9.17, 15) is 14.4 Å². The highest BCUT2D eigenvalue weighted by Gasteiger charge is 2.52. The number of aromatic nitrogens is 1. The minimum Gasteiger partial charge on any atom is -0.479 e. The van der Waals surface area contributed by atoms with E-state index in [2.05, 4.69) is 10.3 Å². The van der Waals surface area contributed by atoms with Gasteiger partial charge in [-0.25, -0.2) is 19.4 Å². The highest BCUT2D eigenvalue weighted by Crippen LogP contribution is 2.31. The Kier molecular flexibility index (Phi) is 13.5. The summed E-state index contributed by atoms with van der Waals surface area (Å²) >= 11 is 12.4. The van der Waals surface area contributed by atoms with E-state index >= 15 is 0 Å². The Hall–Kier alpha value is -2.11. The van der Waals surface area contributed by atoms with E-state index in [-0.39, 0.29) is 24.0 Å². The largest absolute Gasteiger partial charge is 0.479 e. The molecular formula is C24H35ClN2O7S2. The Morgan fingerprint density at radius 1 is 1.06 bits per heavy atom. The number of pyridine rings is 1. The van der Waals surface area contributed by atoms with Crippen molar-refractivity contribution >= 4 is 58.0 Å². The molecule has 0 aromatic carbocycles. The van der Waals surface area contributed by atoms with Gasteiger partial charge >= 0.3 is 18.0 Å². The molecule has 0 spiro atoms. The van der Waals surface area contributed by atoms with E-state index < -0.39 is 34.4 Å². The summed E-state index contributed by atoms with van der Waals surface area (Å²) in [7, 11) is 0. The number of hydrogen-bond acceptors (Lipinski definition) is 10. The van der Waals surface area contributed by atoms with Gasteiger partial charge < -0.3 is 18.9 Å². The number of carbonyl (C=O) groups excluding carboxylic acids is 3. The number of nitrogens with one attached hydrogen (secondary N) is 1. The van der Waals surface area contributed by atoms with Crippen LogP contribution in [0.2, 0.25) is 5.15 Å². The number of thioether (sulfide) groups is 1. The first-order valence-corrected chi connectivity index (χ1v) is 13.3. The molecule has 202 valence electrons. The van der Waals surface area contributed by atoms with E-state index in [1.807, 2.05) is 6.07 Å². The molecule has 1 unspecified atom stereocenters. The van der Waals surface area contributed by atoms with Crippen LogP contribution in [0.3, 0.4) is 0 Å². The number of alkyl carbamates (subject to hydrolysis) is 1. The second-order valence-electron chi connectivity index (χ2n) is 8.63. The van der Waals surface area contributed by atoms with E-state index in [0.29, 0.717) is 24.6 Å². The summed E-state index contributed by atoms with van der Waals surface area (Å²) in [5.74, 6) is -1.90. The fourth-order valence-corrected chi connectivity index (χ4v) is 4.77. The van der Waals surface area contributed by atoms with Gasteiger partial charge in [-0.15, -0.1) is 0 Å². The molecule has 0 bridgehead atoms. The topological polar surface area (TPSA) is 113 Å². The maximum atomic E-state index is 13.2. The van der Waals surface area contributed by atoms with Gasteiger partial charge in [0.15, 0.2) is 0 Å². The van der Waals surface area contributed by atoms with Crippen LogP contribution in [0.4, 0.5) is 4.79 Å². The summed E-state index contributed by atoms with van der Waals surface area (Å²) < 4.78 is 21.5. The lowest BCUT2D eigenvalue weighted by Gasteiger charge is -2.33. The normalized spacial score (nSPS) is 12.3. The third-order valence-electron chi connectivity index (χ3n) is 4.56. The number of hydrogen-bond donors (Lipinski definition) is 1. The molecule has 1 aromatic heterocycles. The van der Waals surface area contributed by atoms with Crippen LogP contribution >= 0.6 is 35.6 Å². The fourth-order valence-electron chi connectivity index (χ4n) is 3.10. The zero-order valence-electron chi connectivity index (χ0n) is 21.6. The Bertz CT molecular complexity index is 873. The lowest BCUT2D eigenvalue weighted by Crippen LogP contribution is -2.63. The Morgan fingerprint density at radius 2 is 1.64 bits per heavy atom. The molecular weight excluding hydrogens is 528 g/mol. The number of ether oxygens (including phenoxy) is 4. The number of amides is 1. The number of aryl methyl sites for hydroxylation is 1. The van der Waals surface area contributed by atoms with Crippen LogP contribution in [0.25, 0.3) is 0 Å². The van der Waals surface area contributed by atoms with Crippen LogP contribution in [-0.2, 0) is 35.0 Å². The molecule has 12 heteroatoms. The van der Waals surface area contributed by atoms with Crippen LogP contribution < -0.4 is 5.32 Å². The average molecular weight is 563 g/mol. The molecule has 0 saturated heterocycles. The number of esters is 2. The van der Waals surface area contributed by atoms with E-state index in [4.69, 9.17) is 42.8 Å². The maximum Gasteiger partial charge on any atom is 0.409 e. The van der Waals surface area contributed by atoms with Gasteiger partial charge in [-0.2, -0.15) is 0 Å². The van der Waals surface area contributed by atoms with Crippen LogP contribution in [-0.4, -0.2) is 63.6 Å². The second kappa shape index (κ2) is 15.2. The molecule has 1 aromatic rings. The highest BCUT2D eigenvalue weighted by atomic mass is 35.5. The van der Waals surface area contributed by atoms with E-state index in [0.717, 1.165) is 5.56 Å². The van der Waals surface area contributed by atoms with Gasteiger partial charge in [0.25, 0.3) is 0 Å². The first-order valence-electron chi connectivity index (χ1n) is 11.7. The maximum absolute atomic E-state index is 13.2. The van der Waals surface area contributed by atoms with Crippen molar-refractivity contribution in [2.75, 3.05) is 19.8 Å². The molecule has 0 aliphatic carbocycles. The standard InChI is InChI=1S/C24H35ClN2O7S2/c1-7-31-19(28)24(20(29)32-8-2,27-21(30)34-23(4,5)6)14-17(36-22(35)33-9-3)12-10-16-11-13-18(25)26-15-16/h11,13,15,17H,7-10,12,14H2,1-6H3,(H,27,30). The summed E-state index contributed by atoms with van der Waals surface area (Å²) in [5, 5.41) is 2.37. The molecule has 0 fully saturated rings. The van der Waals surface area contributed by atoms with Crippen molar-refractivity contribution in [2.24, 2.45) is 0 Å². The minimum atomic E-state index is -2.16. The Balaban J connectivity index is 3.40. The molecule has 9 nitrogen and oxygen atoms in total. The van der Waals surface area contributed by atoms with Crippen molar-refractivity contribution in [1.29, 1.82) is 0 Å². The number of halogens is 1. The average Bonchev–Trinajstić information content (AvgIpc) is 2.77. The van der Waals surface area contributed by atoms with Crippen molar-refractivity contribution < 1.29 is 33.3 Å². The summed E-state index contributed by atoms with van der Waals surface area (Å²) in [6, 6.07) is 3.51. The van der Waals surface area contributed by atoms with Crippen molar-refractivity contribution in [3.05, 3.63) is 29.0 Å². The summed E-state index contributed by atoms with van der Waals surface area (Å²) in [6.45, 7) is 10.3. The summed E-state index contributed by atoms with van der Waals surface area (Å²) in [4.78, 5) is 43.4. The lowest BCUT2D eigenvalue weighted by atomic mass is 9.91. The Labute approximate surface area is 227 Å². The van der Waals surface area contributed by atoms with Crippen LogP contribution in [0.5, 0.6) is 0 Å². The van der Waals surface area contributed by atoms with Crippen LogP contribution in [0.1, 0.15) is 59.9 Å². The summed E-state index contributed by atoms with van der Waals surface area (Å²) in [6.07, 6.45) is 1.50. The monoisotopic (exact) mass is 562 g/mol. The number of nitrogens with zero attached hydrogens (tertiary/aromatic N) is 1. The van der Waals surface area contributed by atoms with Crippen molar-refractivity contribution in [3.63, 3.8) is 0 Å². The van der Waals surface area contributed by atoms with Gasteiger partial charge in [0, 0.05) is 17.9 Å². The molecule has 1 atom stereocenters.